The molecule has 2 aliphatic rings. The minimum atomic E-state index is -3.53. The van der Waals surface area contributed by atoms with Gasteiger partial charge in [-0.05, 0) is 60.4 Å². The zero-order valence-electron chi connectivity index (χ0n) is 15.9. The van der Waals surface area contributed by atoms with E-state index >= 15 is 0 Å². The largest absolute Gasteiger partial charge is 0.322 e. The fourth-order valence-electron chi connectivity index (χ4n) is 3.58. The molecule has 0 saturated heterocycles. The van der Waals surface area contributed by atoms with Crippen molar-refractivity contribution in [1.29, 1.82) is 0 Å². The number of nitrogens with one attached hydrogen (secondary N) is 2. The first-order chi connectivity index (χ1) is 14.4. The van der Waals surface area contributed by atoms with E-state index in [1.165, 1.54) is 12.1 Å². The molecular weight excluding hydrogens is 400 g/mol. The molecule has 1 amide bonds. The zero-order chi connectivity index (χ0) is 20.9. The molecule has 0 aliphatic heterocycles. The Bertz CT molecular complexity index is 1290. The molecule has 0 spiro atoms. The molecule has 3 aromatic carbocycles. The maximum atomic E-state index is 12.7. The Morgan fingerprint density at radius 2 is 1.50 bits per heavy atom. The normalized spacial score (nSPS) is 14.9. The van der Waals surface area contributed by atoms with E-state index in [9.17, 15) is 18.0 Å². The average molecular weight is 418 g/mol. The van der Waals surface area contributed by atoms with Crippen LogP contribution in [0.5, 0.6) is 0 Å². The standard InChI is InChI=1S/C23H18N2O4S/c26-22-20-4-2-1-3-18(20)19-12-5-14(13-21(19)22)23(27)24-15-8-10-17(11-9-15)30(28,29)25-16-6-7-16/h1-5,8-13,16,25H,6-7H2,(H,24,27). The van der Waals surface area contributed by atoms with Gasteiger partial charge in [0.05, 0.1) is 4.90 Å². The lowest BCUT2D eigenvalue weighted by Gasteiger charge is -2.09. The maximum Gasteiger partial charge on any atom is 0.255 e. The number of sulfonamides is 1. The van der Waals surface area contributed by atoms with Gasteiger partial charge in [0.25, 0.3) is 5.91 Å². The Balaban J connectivity index is 1.34. The second-order valence-electron chi connectivity index (χ2n) is 7.51. The third-order valence-corrected chi connectivity index (χ3v) is 6.85. The van der Waals surface area contributed by atoms with Crippen molar-refractivity contribution in [2.24, 2.45) is 0 Å². The molecule has 0 unspecified atom stereocenters. The van der Waals surface area contributed by atoms with Crippen molar-refractivity contribution in [2.45, 2.75) is 23.8 Å². The van der Waals surface area contributed by atoms with E-state index < -0.39 is 10.0 Å². The molecule has 0 bridgehead atoms. The Kier molecular flexibility index (Phi) is 4.30. The summed E-state index contributed by atoms with van der Waals surface area (Å²) in [4.78, 5) is 25.5. The van der Waals surface area contributed by atoms with Crippen molar-refractivity contribution in [3.05, 3.63) is 83.4 Å². The monoisotopic (exact) mass is 418 g/mol. The van der Waals surface area contributed by atoms with Gasteiger partial charge in [0.2, 0.25) is 10.0 Å². The van der Waals surface area contributed by atoms with Gasteiger partial charge in [0, 0.05) is 28.4 Å². The van der Waals surface area contributed by atoms with Gasteiger partial charge < -0.3 is 5.32 Å². The SMILES string of the molecule is O=C(Nc1ccc(S(=O)(=O)NC2CC2)cc1)c1ccc2c(c1)C(=O)c1ccccc1-2. The molecule has 1 fully saturated rings. The highest BCUT2D eigenvalue weighted by atomic mass is 32.2. The Morgan fingerprint density at radius 1 is 0.833 bits per heavy atom. The van der Waals surface area contributed by atoms with Crippen LogP contribution in [0.15, 0.2) is 71.6 Å². The molecule has 0 atom stereocenters. The fourth-order valence-corrected chi connectivity index (χ4v) is 4.88. The van der Waals surface area contributed by atoms with E-state index in [1.54, 1.807) is 36.4 Å². The maximum absolute atomic E-state index is 12.7. The molecule has 7 heteroatoms. The second-order valence-corrected chi connectivity index (χ2v) is 9.22. The van der Waals surface area contributed by atoms with Gasteiger partial charge in [-0.2, -0.15) is 0 Å². The average Bonchev–Trinajstić information content (AvgIpc) is 3.51. The number of carbonyl (C=O) groups is 2. The Hall–Kier alpha value is -3.29. The van der Waals surface area contributed by atoms with E-state index in [-0.39, 0.29) is 22.6 Å². The first kappa shape index (κ1) is 18.7. The summed E-state index contributed by atoms with van der Waals surface area (Å²) in [7, 11) is -3.53. The van der Waals surface area contributed by atoms with Crippen molar-refractivity contribution < 1.29 is 18.0 Å². The number of anilines is 1. The number of hydrogen-bond acceptors (Lipinski definition) is 4. The van der Waals surface area contributed by atoms with Crippen LogP contribution in [0.4, 0.5) is 5.69 Å². The van der Waals surface area contributed by atoms with E-state index in [0.717, 1.165) is 24.0 Å². The molecule has 0 radical (unpaired) electrons. The lowest BCUT2D eigenvalue weighted by Crippen LogP contribution is -2.25. The molecule has 2 aliphatic carbocycles. The lowest BCUT2D eigenvalue weighted by molar-refractivity contribution is 0.102. The highest BCUT2D eigenvalue weighted by molar-refractivity contribution is 7.89. The van der Waals surface area contributed by atoms with E-state index in [1.807, 2.05) is 18.2 Å². The van der Waals surface area contributed by atoms with E-state index in [0.29, 0.717) is 22.4 Å². The third-order valence-electron chi connectivity index (χ3n) is 5.31. The molecule has 6 nitrogen and oxygen atoms in total. The van der Waals surface area contributed by atoms with Crippen molar-refractivity contribution in [2.75, 3.05) is 5.32 Å². The second kappa shape index (κ2) is 6.90. The lowest BCUT2D eigenvalue weighted by atomic mass is 10.0. The van der Waals surface area contributed by atoms with Crippen LogP contribution in [0.2, 0.25) is 0 Å². The molecule has 30 heavy (non-hydrogen) atoms. The van der Waals surface area contributed by atoms with Crippen LogP contribution in [0.3, 0.4) is 0 Å². The third kappa shape index (κ3) is 3.32. The van der Waals surface area contributed by atoms with Crippen LogP contribution < -0.4 is 10.0 Å². The minimum absolute atomic E-state index is 0.0306. The molecule has 1 saturated carbocycles. The summed E-state index contributed by atoms with van der Waals surface area (Å²) in [5, 5.41) is 2.75. The summed E-state index contributed by atoms with van der Waals surface area (Å²) >= 11 is 0. The van der Waals surface area contributed by atoms with Crippen LogP contribution in [0.1, 0.15) is 39.1 Å². The Labute approximate surface area is 174 Å². The predicted molar refractivity (Wildman–Crippen MR) is 113 cm³/mol. The van der Waals surface area contributed by atoms with Crippen molar-refractivity contribution >= 4 is 27.4 Å². The fraction of sp³-hybridized carbons (Fsp3) is 0.130. The highest BCUT2D eigenvalue weighted by Gasteiger charge is 2.28. The van der Waals surface area contributed by atoms with Gasteiger partial charge in [-0.3, -0.25) is 9.59 Å². The number of rotatable bonds is 5. The van der Waals surface area contributed by atoms with Crippen LogP contribution in [0.25, 0.3) is 11.1 Å². The number of ketones is 1. The van der Waals surface area contributed by atoms with Crippen molar-refractivity contribution in [3.8, 4) is 11.1 Å². The Morgan fingerprint density at radius 3 is 2.20 bits per heavy atom. The number of amides is 1. The van der Waals surface area contributed by atoms with Crippen molar-refractivity contribution in [1.82, 2.24) is 4.72 Å². The summed E-state index contributed by atoms with van der Waals surface area (Å²) < 4.78 is 27.1. The summed E-state index contributed by atoms with van der Waals surface area (Å²) in [6.07, 6.45) is 1.73. The molecule has 150 valence electrons. The number of fused-ring (bicyclic) bond motifs is 3. The van der Waals surface area contributed by atoms with E-state index in [4.69, 9.17) is 0 Å². The molecule has 3 aromatic rings. The summed E-state index contributed by atoms with van der Waals surface area (Å²) in [5.74, 6) is -0.457. The van der Waals surface area contributed by atoms with Crippen LogP contribution in [-0.2, 0) is 10.0 Å². The van der Waals surface area contributed by atoms with Gasteiger partial charge in [0.15, 0.2) is 5.78 Å². The van der Waals surface area contributed by atoms with Crippen LogP contribution >= 0.6 is 0 Å². The number of carbonyl (C=O) groups excluding carboxylic acids is 2. The van der Waals surface area contributed by atoms with Gasteiger partial charge in [-0.25, -0.2) is 13.1 Å². The van der Waals surface area contributed by atoms with Gasteiger partial charge in [-0.15, -0.1) is 0 Å². The summed E-state index contributed by atoms with van der Waals surface area (Å²) in [5.41, 5.74) is 3.69. The summed E-state index contributed by atoms with van der Waals surface area (Å²) in [6, 6.07) is 18.5. The highest BCUT2D eigenvalue weighted by Crippen LogP contribution is 2.36. The van der Waals surface area contributed by atoms with E-state index in [2.05, 4.69) is 10.0 Å². The zero-order valence-corrected chi connectivity index (χ0v) is 16.7. The van der Waals surface area contributed by atoms with Crippen molar-refractivity contribution in [3.63, 3.8) is 0 Å². The molecule has 5 rings (SSSR count). The molecule has 2 N–H and O–H groups in total. The predicted octanol–water partition coefficient (Wildman–Crippen LogP) is 3.59. The van der Waals surface area contributed by atoms with Gasteiger partial charge in [0.1, 0.15) is 0 Å². The molecule has 0 heterocycles. The number of benzene rings is 3. The smallest absolute Gasteiger partial charge is 0.255 e. The molecular formula is C23H18N2O4S. The first-order valence-corrected chi connectivity index (χ1v) is 11.1. The quantitative estimate of drug-likeness (QED) is 0.518. The minimum Gasteiger partial charge on any atom is -0.322 e. The molecule has 0 aromatic heterocycles. The first-order valence-electron chi connectivity index (χ1n) is 9.64. The van der Waals surface area contributed by atoms with Gasteiger partial charge >= 0.3 is 0 Å². The number of hydrogen-bond donors (Lipinski definition) is 2. The van der Waals surface area contributed by atoms with Crippen LogP contribution in [-0.4, -0.2) is 26.2 Å². The summed E-state index contributed by atoms with van der Waals surface area (Å²) in [6.45, 7) is 0. The van der Waals surface area contributed by atoms with Crippen LogP contribution in [0, 0.1) is 0 Å². The van der Waals surface area contributed by atoms with Gasteiger partial charge in [-0.1, -0.05) is 30.3 Å². The topological polar surface area (TPSA) is 92.3 Å².